The molecule has 4 nitrogen and oxygen atoms in total. The third-order valence-corrected chi connectivity index (χ3v) is 6.37. The van der Waals surface area contributed by atoms with Gasteiger partial charge in [0.05, 0.1) is 0 Å². The second-order valence-corrected chi connectivity index (χ2v) is 8.35. The van der Waals surface area contributed by atoms with Crippen LogP contribution in [0.5, 0.6) is 0 Å². The minimum absolute atomic E-state index is 0. The Morgan fingerprint density at radius 1 is 1.07 bits per heavy atom. The molecule has 0 spiro atoms. The van der Waals surface area contributed by atoms with Crippen LogP contribution in [-0.2, 0) is 16.0 Å². The highest BCUT2D eigenvalue weighted by molar-refractivity contribution is 5.85. The molecule has 1 saturated carbocycles. The number of likely N-dealkylation sites (tertiary alicyclic amines) is 1. The SMILES string of the molecule is Cl.O=C(N[C@H]1CN(CCCc2ccccc2)C[C@@H]1C1CC1)C1CCOCC1. The van der Waals surface area contributed by atoms with Crippen LogP contribution in [0.2, 0.25) is 0 Å². The number of nitrogens with one attached hydrogen (secondary N) is 1. The van der Waals surface area contributed by atoms with Crippen LogP contribution in [-0.4, -0.2) is 49.7 Å². The van der Waals surface area contributed by atoms with Crippen molar-refractivity contribution in [2.45, 2.75) is 44.6 Å². The molecule has 1 N–H and O–H groups in total. The summed E-state index contributed by atoms with van der Waals surface area (Å²) in [6.07, 6.45) is 6.81. The van der Waals surface area contributed by atoms with Crippen LogP contribution in [0.4, 0.5) is 0 Å². The van der Waals surface area contributed by atoms with Crippen molar-refractivity contribution in [2.24, 2.45) is 17.8 Å². The number of ether oxygens (including phenoxy) is 1. The lowest BCUT2D eigenvalue weighted by Crippen LogP contribution is -2.45. The summed E-state index contributed by atoms with van der Waals surface area (Å²) in [7, 11) is 0. The Labute approximate surface area is 169 Å². The maximum Gasteiger partial charge on any atom is 0.223 e. The van der Waals surface area contributed by atoms with Crippen molar-refractivity contribution in [2.75, 3.05) is 32.8 Å². The van der Waals surface area contributed by atoms with Crippen molar-refractivity contribution in [3.8, 4) is 0 Å². The summed E-state index contributed by atoms with van der Waals surface area (Å²) in [5, 5.41) is 3.42. The van der Waals surface area contributed by atoms with Crippen molar-refractivity contribution in [3.05, 3.63) is 35.9 Å². The monoisotopic (exact) mass is 392 g/mol. The molecule has 3 aliphatic rings. The fourth-order valence-electron chi connectivity index (χ4n) is 4.66. The number of halogens is 1. The second kappa shape index (κ2) is 9.90. The lowest BCUT2D eigenvalue weighted by Gasteiger charge is -2.25. The number of amides is 1. The third-order valence-electron chi connectivity index (χ3n) is 6.37. The number of aryl methyl sites for hydroxylation is 1. The predicted octanol–water partition coefficient (Wildman–Crippen LogP) is 3.29. The Morgan fingerprint density at radius 3 is 2.52 bits per heavy atom. The smallest absolute Gasteiger partial charge is 0.223 e. The maximum atomic E-state index is 12.7. The zero-order valence-corrected chi connectivity index (χ0v) is 17.0. The van der Waals surface area contributed by atoms with Crippen molar-refractivity contribution >= 4 is 18.3 Å². The summed E-state index contributed by atoms with van der Waals surface area (Å²) < 4.78 is 5.40. The lowest BCUT2D eigenvalue weighted by atomic mass is 9.95. The number of nitrogens with zero attached hydrogens (tertiary/aromatic N) is 1. The van der Waals surface area contributed by atoms with E-state index in [9.17, 15) is 4.79 Å². The highest BCUT2D eigenvalue weighted by atomic mass is 35.5. The average molecular weight is 393 g/mol. The molecule has 1 aliphatic carbocycles. The van der Waals surface area contributed by atoms with Gasteiger partial charge in [-0.15, -0.1) is 12.4 Å². The molecule has 3 fully saturated rings. The van der Waals surface area contributed by atoms with Crippen LogP contribution >= 0.6 is 12.4 Å². The first-order chi connectivity index (χ1) is 12.8. The van der Waals surface area contributed by atoms with Gasteiger partial charge in [0.15, 0.2) is 0 Å². The molecule has 2 heterocycles. The molecule has 0 unspecified atom stereocenters. The molecule has 150 valence electrons. The van der Waals surface area contributed by atoms with Gasteiger partial charge >= 0.3 is 0 Å². The quantitative estimate of drug-likeness (QED) is 0.774. The van der Waals surface area contributed by atoms with Crippen LogP contribution in [0.15, 0.2) is 30.3 Å². The number of rotatable bonds is 7. The minimum Gasteiger partial charge on any atom is -0.381 e. The summed E-state index contributed by atoms with van der Waals surface area (Å²) >= 11 is 0. The minimum atomic E-state index is 0. The van der Waals surface area contributed by atoms with E-state index in [4.69, 9.17) is 4.74 Å². The largest absolute Gasteiger partial charge is 0.381 e. The molecule has 0 aromatic heterocycles. The van der Waals surface area contributed by atoms with E-state index in [0.717, 1.165) is 58.0 Å². The predicted molar refractivity (Wildman–Crippen MR) is 110 cm³/mol. The van der Waals surface area contributed by atoms with E-state index in [-0.39, 0.29) is 24.2 Å². The fourth-order valence-corrected chi connectivity index (χ4v) is 4.66. The summed E-state index contributed by atoms with van der Waals surface area (Å²) in [4.78, 5) is 15.2. The van der Waals surface area contributed by atoms with Gasteiger partial charge in [0.2, 0.25) is 5.91 Å². The van der Waals surface area contributed by atoms with Gasteiger partial charge in [-0.2, -0.15) is 0 Å². The Balaban J connectivity index is 0.00000210. The van der Waals surface area contributed by atoms with E-state index in [2.05, 4.69) is 40.5 Å². The summed E-state index contributed by atoms with van der Waals surface area (Å²) in [5.74, 6) is 1.94. The van der Waals surface area contributed by atoms with Crippen LogP contribution < -0.4 is 5.32 Å². The molecule has 2 saturated heterocycles. The molecule has 4 rings (SSSR count). The molecule has 1 aromatic carbocycles. The van der Waals surface area contributed by atoms with Gasteiger partial charge in [0.25, 0.3) is 0 Å². The standard InChI is InChI=1S/C22H32N2O2.ClH/c25-22(19-10-13-26-14-11-19)23-21-16-24(15-20(21)18-8-9-18)12-4-7-17-5-2-1-3-6-17;/h1-3,5-6,18-21H,4,7-16H2,(H,23,25);1H/t20-,21+;/m1./s1. The van der Waals surface area contributed by atoms with Crippen molar-refractivity contribution in [3.63, 3.8) is 0 Å². The molecule has 2 aliphatic heterocycles. The number of hydrogen-bond acceptors (Lipinski definition) is 3. The van der Waals surface area contributed by atoms with E-state index in [1.165, 1.54) is 24.8 Å². The van der Waals surface area contributed by atoms with Crippen molar-refractivity contribution in [1.82, 2.24) is 10.2 Å². The van der Waals surface area contributed by atoms with Crippen LogP contribution in [0.3, 0.4) is 0 Å². The van der Waals surface area contributed by atoms with Gasteiger partial charge in [0, 0.05) is 38.3 Å². The molecule has 0 radical (unpaired) electrons. The van der Waals surface area contributed by atoms with Gasteiger partial charge in [0.1, 0.15) is 0 Å². The van der Waals surface area contributed by atoms with Crippen LogP contribution in [0, 0.1) is 17.8 Å². The molecule has 1 amide bonds. The zero-order chi connectivity index (χ0) is 17.8. The Morgan fingerprint density at radius 2 is 1.81 bits per heavy atom. The van der Waals surface area contributed by atoms with E-state index >= 15 is 0 Å². The third kappa shape index (κ3) is 5.69. The van der Waals surface area contributed by atoms with Crippen molar-refractivity contribution < 1.29 is 9.53 Å². The number of benzene rings is 1. The Hall–Kier alpha value is -1.10. The number of hydrogen-bond donors (Lipinski definition) is 1. The zero-order valence-electron chi connectivity index (χ0n) is 16.1. The second-order valence-electron chi connectivity index (χ2n) is 8.35. The van der Waals surface area contributed by atoms with E-state index < -0.39 is 0 Å². The van der Waals surface area contributed by atoms with Gasteiger partial charge in [-0.25, -0.2) is 0 Å². The fraction of sp³-hybridized carbons (Fsp3) is 0.682. The van der Waals surface area contributed by atoms with E-state index in [1.54, 1.807) is 0 Å². The highest BCUT2D eigenvalue weighted by Crippen LogP contribution is 2.41. The first-order valence-corrected chi connectivity index (χ1v) is 10.4. The molecule has 2 atom stereocenters. The van der Waals surface area contributed by atoms with Gasteiger partial charge in [-0.05, 0) is 62.5 Å². The van der Waals surface area contributed by atoms with Crippen LogP contribution in [0.25, 0.3) is 0 Å². The van der Waals surface area contributed by atoms with Crippen LogP contribution in [0.1, 0.15) is 37.7 Å². The summed E-state index contributed by atoms with van der Waals surface area (Å²) in [5.41, 5.74) is 1.43. The topological polar surface area (TPSA) is 41.6 Å². The molecule has 5 heteroatoms. The lowest BCUT2D eigenvalue weighted by molar-refractivity contribution is -0.128. The van der Waals surface area contributed by atoms with Crippen molar-refractivity contribution in [1.29, 1.82) is 0 Å². The Kier molecular flexibility index (Phi) is 7.57. The highest BCUT2D eigenvalue weighted by Gasteiger charge is 2.43. The maximum absolute atomic E-state index is 12.7. The van der Waals surface area contributed by atoms with Gasteiger partial charge in [-0.1, -0.05) is 30.3 Å². The molecule has 27 heavy (non-hydrogen) atoms. The summed E-state index contributed by atoms with van der Waals surface area (Å²) in [6.45, 7) is 4.81. The Bertz CT molecular complexity index is 587. The first-order valence-electron chi connectivity index (χ1n) is 10.4. The van der Waals surface area contributed by atoms with Gasteiger partial charge < -0.3 is 15.0 Å². The average Bonchev–Trinajstić information content (AvgIpc) is 3.45. The molecule has 1 aromatic rings. The van der Waals surface area contributed by atoms with Gasteiger partial charge in [-0.3, -0.25) is 4.79 Å². The van der Waals surface area contributed by atoms with E-state index in [0.29, 0.717) is 12.0 Å². The first kappa shape index (κ1) is 20.6. The molecule has 0 bridgehead atoms. The normalized spacial score (nSPS) is 26.5. The summed E-state index contributed by atoms with van der Waals surface area (Å²) in [6, 6.07) is 11.1. The number of carbonyl (C=O) groups is 1. The van der Waals surface area contributed by atoms with E-state index in [1.807, 2.05) is 0 Å². The molecular weight excluding hydrogens is 360 g/mol. The molecular formula is C22H33ClN2O2. The number of carbonyl (C=O) groups excluding carboxylic acids is 1.